The van der Waals surface area contributed by atoms with Crippen LogP contribution in [0, 0.1) is 17.5 Å². The fraction of sp³-hybridized carbons (Fsp3) is 0.211. The third kappa shape index (κ3) is 3.71. The van der Waals surface area contributed by atoms with Crippen molar-refractivity contribution in [3.8, 4) is 5.69 Å². The van der Waals surface area contributed by atoms with Gasteiger partial charge in [0.15, 0.2) is 17.3 Å². The Hall–Kier alpha value is -3.11. The lowest BCUT2D eigenvalue weighted by molar-refractivity contribution is 0.0695. The number of aromatic nitrogens is 2. The smallest absolute Gasteiger partial charge is 0.341 e. The summed E-state index contributed by atoms with van der Waals surface area (Å²) in [4.78, 5) is 30.0. The quantitative estimate of drug-likeness (QED) is 0.650. The summed E-state index contributed by atoms with van der Waals surface area (Å²) in [6.07, 6.45) is 0.912. The molecule has 0 bridgehead atoms. The van der Waals surface area contributed by atoms with E-state index in [4.69, 9.17) is 0 Å². The van der Waals surface area contributed by atoms with Gasteiger partial charge in [-0.3, -0.25) is 9.36 Å². The highest BCUT2D eigenvalue weighted by molar-refractivity contribution is 5.92. The van der Waals surface area contributed by atoms with E-state index in [2.05, 4.69) is 10.3 Å². The van der Waals surface area contributed by atoms with Gasteiger partial charge in [0.25, 0.3) is 0 Å². The number of carboxylic acid groups (broad SMARTS) is 1. The van der Waals surface area contributed by atoms with Crippen molar-refractivity contribution < 1.29 is 23.1 Å². The summed E-state index contributed by atoms with van der Waals surface area (Å²) in [5, 5.41) is 12.1. The van der Waals surface area contributed by atoms with Gasteiger partial charge in [0.05, 0.1) is 11.1 Å². The molecule has 4 rings (SSSR count). The van der Waals surface area contributed by atoms with Crippen molar-refractivity contribution in [2.75, 3.05) is 31.1 Å². The summed E-state index contributed by atoms with van der Waals surface area (Å²) in [5.74, 6) is -4.18. The Morgan fingerprint density at radius 2 is 1.80 bits per heavy atom. The number of anilines is 1. The summed E-state index contributed by atoms with van der Waals surface area (Å²) in [5.41, 5.74) is -1.97. The Morgan fingerprint density at radius 3 is 2.43 bits per heavy atom. The van der Waals surface area contributed by atoms with Gasteiger partial charge in [-0.05, 0) is 18.2 Å². The molecule has 1 aliphatic heterocycles. The van der Waals surface area contributed by atoms with Crippen LogP contribution >= 0.6 is 12.4 Å². The molecule has 1 saturated heterocycles. The molecule has 3 heterocycles. The Morgan fingerprint density at radius 1 is 1.10 bits per heavy atom. The topological polar surface area (TPSA) is 87.5 Å². The molecule has 1 aromatic carbocycles. The second-order valence-corrected chi connectivity index (χ2v) is 6.54. The number of nitrogens with one attached hydrogen (secondary N) is 1. The van der Waals surface area contributed by atoms with E-state index in [0.29, 0.717) is 32.2 Å². The summed E-state index contributed by atoms with van der Waals surface area (Å²) in [6, 6.07) is 3.62. The van der Waals surface area contributed by atoms with Crippen molar-refractivity contribution in [3.05, 3.63) is 63.7 Å². The van der Waals surface area contributed by atoms with Crippen molar-refractivity contribution in [3.63, 3.8) is 0 Å². The number of hydrogen-bond acceptors (Lipinski definition) is 5. The van der Waals surface area contributed by atoms with Gasteiger partial charge in [-0.1, -0.05) is 0 Å². The van der Waals surface area contributed by atoms with Crippen LogP contribution < -0.4 is 15.6 Å². The van der Waals surface area contributed by atoms with Crippen molar-refractivity contribution >= 4 is 35.2 Å². The lowest BCUT2D eigenvalue weighted by Crippen LogP contribution is -2.44. The molecule has 30 heavy (non-hydrogen) atoms. The molecule has 0 amide bonds. The Labute approximate surface area is 174 Å². The number of pyridine rings is 2. The van der Waals surface area contributed by atoms with Crippen LogP contribution in [0.1, 0.15) is 10.4 Å². The third-order valence-corrected chi connectivity index (χ3v) is 4.73. The van der Waals surface area contributed by atoms with Gasteiger partial charge in [-0.15, -0.1) is 12.4 Å². The van der Waals surface area contributed by atoms with Gasteiger partial charge in [-0.2, -0.15) is 0 Å². The summed E-state index contributed by atoms with van der Waals surface area (Å²) < 4.78 is 43.5. The minimum absolute atomic E-state index is 0. The minimum Gasteiger partial charge on any atom is -0.477 e. The van der Waals surface area contributed by atoms with Crippen LogP contribution in [0.5, 0.6) is 0 Å². The SMILES string of the molecule is Cl.O=C(O)c1cn(-c2ccc(F)cc2F)c2nc(N3CCNCC3)c(F)cc2c1=O. The second-order valence-electron chi connectivity index (χ2n) is 6.54. The molecule has 158 valence electrons. The van der Waals surface area contributed by atoms with Crippen LogP contribution in [-0.2, 0) is 0 Å². The molecule has 0 saturated carbocycles. The van der Waals surface area contributed by atoms with E-state index in [-0.39, 0.29) is 34.9 Å². The highest BCUT2D eigenvalue weighted by atomic mass is 35.5. The van der Waals surface area contributed by atoms with Crippen molar-refractivity contribution in [2.24, 2.45) is 0 Å². The normalized spacial score (nSPS) is 13.9. The van der Waals surface area contributed by atoms with Crippen LogP contribution in [0.3, 0.4) is 0 Å². The van der Waals surface area contributed by atoms with Gasteiger partial charge < -0.3 is 15.3 Å². The van der Waals surface area contributed by atoms with Gasteiger partial charge in [-0.25, -0.2) is 22.9 Å². The first-order valence-corrected chi connectivity index (χ1v) is 8.77. The Bertz CT molecular complexity index is 1200. The average Bonchev–Trinajstić information content (AvgIpc) is 2.69. The minimum atomic E-state index is -1.56. The number of halogens is 4. The van der Waals surface area contributed by atoms with E-state index in [1.165, 1.54) is 0 Å². The number of rotatable bonds is 3. The first-order valence-electron chi connectivity index (χ1n) is 8.77. The number of benzene rings is 1. The number of hydrogen-bond donors (Lipinski definition) is 2. The predicted molar refractivity (Wildman–Crippen MR) is 107 cm³/mol. The average molecular weight is 441 g/mol. The molecule has 1 aliphatic rings. The van der Waals surface area contributed by atoms with Crippen LogP contribution in [0.25, 0.3) is 16.7 Å². The predicted octanol–water partition coefficient (Wildman–Crippen LogP) is 2.33. The maximum absolute atomic E-state index is 14.7. The zero-order valence-corrected chi connectivity index (χ0v) is 16.2. The van der Waals surface area contributed by atoms with E-state index in [0.717, 1.165) is 29.0 Å². The van der Waals surface area contributed by atoms with E-state index < -0.39 is 34.4 Å². The zero-order chi connectivity index (χ0) is 20.7. The molecule has 1 fully saturated rings. The summed E-state index contributed by atoms with van der Waals surface area (Å²) in [7, 11) is 0. The van der Waals surface area contributed by atoms with Crippen LogP contribution in [0.4, 0.5) is 19.0 Å². The lowest BCUT2D eigenvalue weighted by atomic mass is 10.1. The molecule has 11 heteroatoms. The molecule has 7 nitrogen and oxygen atoms in total. The number of fused-ring (bicyclic) bond motifs is 1. The number of carbonyl (C=O) groups is 1. The van der Waals surface area contributed by atoms with Crippen LogP contribution in [0.2, 0.25) is 0 Å². The third-order valence-electron chi connectivity index (χ3n) is 4.73. The zero-order valence-electron chi connectivity index (χ0n) is 15.4. The first-order chi connectivity index (χ1) is 13.9. The molecule has 2 N–H and O–H groups in total. The summed E-state index contributed by atoms with van der Waals surface area (Å²) in [6.45, 7) is 2.16. The van der Waals surface area contributed by atoms with Gasteiger partial charge in [0.1, 0.15) is 17.2 Å². The van der Waals surface area contributed by atoms with E-state index in [9.17, 15) is 27.9 Å². The second kappa shape index (κ2) is 8.33. The maximum atomic E-state index is 14.7. The molecular weight excluding hydrogens is 425 g/mol. The van der Waals surface area contributed by atoms with Gasteiger partial charge >= 0.3 is 5.97 Å². The molecule has 0 unspecified atom stereocenters. The fourth-order valence-corrected chi connectivity index (χ4v) is 3.33. The van der Waals surface area contributed by atoms with Gasteiger partial charge in [0.2, 0.25) is 5.43 Å². The number of carboxylic acids is 1. The van der Waals surface area contributed by atoms with Gasteiger partial charge in [0, 0.05) is 38.4 Å². The standard InChI is InChI=1S/C19H15F3N4O3.ClH/c20-10-1-2-15(13(21)7-10)26-9-12(19(28)29)16(27)11-8-14(22)18(24-17(11)26)25-5-3-23-4-6-25;/h1-2,7-9,23H,3-6H2,(H,28,29);1H. The Balaban J connectivity index is 0.00000256. The molecule has 0 radical (unpaired) electrons. The molecule has 0 spiro atoms. The van der Waals surface area contributed by atoms with Crippen molar-refractivity contribution in [1.29, 1.82) is 0 Å². The van der Waals surface area contributed by atoms with Crippen molar-refractivity contribution in [1.82, 2.24) is 14.9 Å². The van der Waals surface area contributed by atoms with Crippen LogP contribution in [0.15, 0.2) is 35.3 Å². The lowest BCUT2D eigenvalue weighted by Gasteiger charge is -2.29. The molecule has 2 aromatic heterocycles. The van der Waals surface area contributed by atoms with E-state index in [1.54, 1.807) is 4.90 Å². The van der Waals surface area contributed by atoms with Crippen LogP contribution in [-0.4, -0.2) is 46.8 Å². The number of aromatic carboxylic acids is 1. The molecular formula is C19H16ClF3N4O3. The van der Waals surface area contributed by atoms with Crippen molar-refractivity contribution in [2.45, 2.75) is 0 Å². The maximum Gasteiger partial charge on any atom is 0.341 e. The fourth-order valence-electron chi connectivity index (χ4n) is 3.33. The molecule has 3 aromatic rings. The first kappa shape index (κ1) is 21.6. The number of piperazine rings is 1. The largest absolute Gasteiger partial charge is 0.477 e. The Kier molecular flexibility index (Phi) is 5.99. The summed E-state index contributed by atoms with van der Waals surface area (Å²) >= 11 is 0. The molecule has 0 aliphatic carbocycles. The van der Waals surface area contributed by atoms with E-state index in [1.807, 2.05) is 0 Å². The highest BCUT2D eigenvalue weighted by Gasteiger charge is 2.23. The monoisotopic (exact) mass is 440 g/mol. The van der Waals surface area contributed by atoms with E-state index >= 15 is 0 Å². The highest BCUT2D eigenvalue weighted by Crippen LogP contribution is 2.25. The molecule has 0 atom stereocenters. The number of nitrogens with zero attached hydrogens (tertiary/aromatic N) is 3.